The summed E-state index contributed by atoms with van der Waals surface area (Å²) in [6, 6.07) is 8.92. The molecule has 0 radical (unpaired) electrons. The molecule has 0 fully saturated rings. The average molecular weight is 314 g/mol. The number of nitrogens with zero attached hydrogens (tertiary/aromatic N) is 4. The lowest BCUT2D eigenvalue weighted by Crippen LogP contribution is -2.01. The van der Waals surface area contributed by atoms with E-state index in [2.05, 4.69) is 20.3 Å². The maximum atomic E-state index is 11.6. The molecule has 0 saturated carbocycles. The fraction of sp³-hybridized carbons (Fsp3) is 0.200. The van der Waals surface area contributed by atoms with Gasteiger partial charge < -0.3 is 13.9 Å². The van der Waals surface area contributed by atoms with Crippen LogP contribution in [-0.2, 0) is 11.3 Å². The fourth-order valence-corrected chi connectivity index (χ4v) is 2.08. The lowest BCUT2D eigenvalue weighted by molar-refractivity contribution is 0.0599. The molecule has 118 valence electrons. The minimum atomic E-state index is -0.432. The van der Waals surface area contributed by atoms with E-state index in [0.29, 0.717) is 22.8 Å². The van der Waals surface area contributed by atoms with Crippen molar-refractivity contribution in [2.75, 3.05) is 7.11 Å². The van der Waals surface area contributed by atoms with Crippen molar-refractivity contribution in [3.8, 4) is 11.4 Å². The first-order chi connectivity index (χ1) is 11.2. The van der Waals surface area contributed by atoms with E-state index in [-0.39, 0.29) is 6.61 Å². The van der Waals surface area contributed by atoms with Gasteiger partial charge in [-0.15, -0.1) is 5.10 Å². The van der Waals surface area contributed by atoms with Crippen molar-refractivity contribution in [1.82, 2.24) is 20.2 Å². The Kier molecular flexibility index (Phi) is 4.05. The summed E-state index contributed by atoms with van der Waals surface area (Å²) in [6.45, 7) is 1.89. The minimum Gasteiger partial charge on any atom is -0.486 e. The normalized spacial score (nSPS) is 10.5. The van der Waals surface area contributed by atoms with E-state index in [9.17, 15) is 4.79 Å². The quantitative estimate of drug-likeness (QED) is 0.664. The number of furan rings is 1. The number of aryl methyl sites for hydroxylation is 1. The minimum absolute atomic E-state index is 0.191. The van der Waals surface area contributed by atoms with Gasteiger partial charge in [-0.05, 0) is 35.5 Å². The van der Waals surface area contributed by atoms with Crippen LogP contribution in [0.2, 0.25) is 0 Å². The van der Waals surface area contributed by atoms with Gasteiger partial charge in [-0.2, -0.15) is 0 Å². The van der Waals surface area contributed by atoms with Crippen molar-refractivity contribution < 1.29 is 18.7 Å². The SMILES string of the molecule is COC(=O)c1cc(COc2cccc(-n3cnnn3)c2)oc1C. The third-order valence-electron chi connectivity index (χ3n) is 3.19. The molecule has 1 aromatic carbocycles. The average Bonchev–Trinajstić information content (AvgIpc) is 3.22. The molecule has 0 amide bonds. The van der Waals surface area contributed by atoms with E-state index in [0.717, 1.165) is 5.69 Å². The topological polar surface area (TPSA) is 92.3 Å². The highest BCUT2D eigenvalue weighted by Crippen LogP contribution is 2.20. The molecule has 0 unspecified atom stereocenters. The molecule has 2 heterocycles. The monoisotopic (exact) mass is 314 g/mol. The number of hydrogen-bond donors (Lipinski definition) is 0. The first kappa shape index (κ1) is 14.8. The highest BCUT2D eigenvalue weighted by molar-refractivity contribution is 5.90. The smallest absolute Gasteiger partial charge is 0.341 e. The van der Waals surface area contributed by atoms with Gasteiger partial charge in [0.2, 0.25) is 0 Å². The van der Waals surface area contributed by atoms with Crippen LogP contribution < -0.4 is 4.74 Å². The number of ether oxygens (including phenoxy) is 2. The van der Waals surface area contributed by atoms with Gasteiger partial charge in [0.05, 0.1) is 12.8 Å². The highest BCUT2D eigenvalue weighted by atomic mass is 16.5. The van der Waals surface area contributed by atoms with Gasteiger partial charge in [0.25, 0.3) is 0 Å². The number of tetrazole rings is 1. The molecule has 2 aromatic heterocycles. The molecule has 0 saturated heterocycles. The molecule has 0 bridgehead atoms. The van der Waals surface area contributed by atoms with Gasteiger partial charge >= 0.3 is 5.97 Å². The molecule has 3 rings (SSSR count). The Morgan fingerprint density at radius 1 is 1.35 bits per heavy atom. The number of esters is 1. The summed E-state index contributed by atoms with van der Waals surface area (Å²) in [5.74, 6) is 1.23. The van der Waals surface area contributed by atoms with Crippen molar-refractivity contribution in [2.24, 2.45) is 0 Å². The predicted molar refractivity (Wildman–Crippen MR) is 78.3 cm³/mol. The van der Waals surface area contributed by atoms with Crippen LogP contribution in [0.3, 0.4) is 0 Å². The summed E-state index contributed by atoms with van der Waals surface area (Å²) >= 11 is 0. The molecule has 0 atom stereocenters. The van der Waals surface area contributed by atoms with Crippen LogP contribution in [0.15, 0.2) is 41.1 Å². The Morgan fingerprint density at radius 2 is 2.22 bits per heavy atom. The molecule has 0 N–H and O–H groups in total. The summed E-state index contributed by atoms with van der Waals surface area (Å²) in [5, 5.41) is 11.0. The second-order valence-corrected chi connectivity index (χ2v) is 4.71. The maximum Gasteiger partial charge on any atom is 0.341 e. The summed E-state index contributed by atoms with van der Waals surface area (Å²) in [6.07, 6.45) is 1.50. The van der Waals surface area contributed by atoms with Crippen molar-refractivity contribution >= 4 is 5.97 Å². The third kappa shape index (κ3) is 3.20. The van der Waals surface area contributed by atoms with Crippen LogP contribution in [-0.4, -0.2) is 33.3 Å². The number of carbonyl (C=O) groups is 1. The van der Waals surface area contributed by atoms with Crippen LogP contribution in [0.4, 0.5) is 0 Å². The lowest BCUT2D eigenvalue weighted by Gasteiger charge is -2.06. The number of aromatic nitrogens is 4. The first-order valence-corrected chi connectivity index (χ1v) is 6.81. The first-order valence-electron chi connectivity index (χ1n) is 6.81. The van der Waals surface area contributed by atoms with E-state index in [1.807, 2.05) is 18.2 Å². The Morgan fingerprint density at radius 3 is 2.96 bits per heavy atom. The van der Waals surface area contributed by atoms with Gasteiger partial charge in [-0.25, -0.2) is 9.48 Å². The maximum absolute atomic E-state index is 11.6. The second-order valence-electron chi connectivity index (χ2n) is 4.71. The predicted octanol–water partition coefficient (Wildman–Crippen LogP) is 1.93. The molecule has 0 aliphatic rings. The van der Waals surface area contributed by atoms with Crippen molar-refractivity contribution in [3.63, 3.8) is 0 Å². The van der Waals surface area contributed by atoms with Gasteiger partial charge in [-0.1, -0.05) is 6.07 Å². The molecule has 23 heavy (non-hydrogen) atoms. The van der Waals surface area contributed by atoms with Crippen LogP contribution in [0, 0.1) is 6.92 Å². The van der Waals surface area contributed by atoms with Crippen LogP contribution >= 0.6 is 0 Å². The van der Waals surface area contributed by atoms with Crippen molar-refractivity contribution in [1.29, 1.82) is 0 Å². The molecule has 0 aliphatic heterocycles. The largest absolute Gasteiger partial charge is 0.486 e. The van der Waals surface area contributed by atoms with Gasteiger partial charge in [-0.3, -0.25) is 0 Å². The van der Waals surface area contributed by atoms with E-state index in [4.69, 9.17) is 9.15 Å². The van der Waals surface area contributed by atoms with E-state index < -0.39 is 5.97 Å². The van der Waals surface area contributed by atoms with Crippen LogP contribution in [0.25, 0.3) is 5.69 Å². The highest BCUT2D eigenvalue weighted by Gasteiger charge is 2.15. The Hall–Kier alpha value is -3.16. The summed E-state index contributed by atoms with van der Waals surface area (Å²) in [4.78, 5) is 11.6. The number of benzene rings is 1. The zero-order valence-electron chi connectivity index (χ0n) is 12.6. The number of methoxy groups -OCH3 is 1. The Labute approximate surface area is 131 Å². The van der Waals surface area contributed by atoms with Crippen LogP contribution in [0.1, 0.15) is 21.9 Å². The number of hydrogen-bond acceptors (Lipinski definition) is 7. The molecule has 0 spiro atoms. The summed E-state index contributed by atoms with van der Waals surface area (Å²) < 4.78 is 17.4. The van der Waals surface area contributed by atoms with E-state index in [1.165, 1.54) is 18.1 Å². The Balaban J connectivity index is 1.71. The van der Waals surface area contributed by atoms with Gasteiger partial charge in [0.1, 0.15) is 35.8 Å². The third-order valence-corrected chi connectivity index (χ3v) is 3.19. The standard InChI is InChI=1S/C15H14N4O4/c1-10-14(15(20)21-2)7-13(23-10)8-22-12-5-3-4-11(6-12)19-9-16-17-18-19/h3-7,9H,8H2,1-2H3. The summed E-state index contributed by atoms with van der Waals surface area (Å²) in [7, 11) is 1.33. The molecular formula is C15H14N4O4. The zero-order chi connectivity index (χ0) is 16.2. The number of rotatable bonds is 5. The van der Waals surface area contributed by atoms with Gasteiger partial charge in [0, 0.05) is 6.07 Å². The summed E-state index contributed by atoms with van der Waals surface area (Å²) in [5.41, 5.74) is 1.17. The second kappa shape index (κ2) is 6.30. The molecule has 3 aromatic rings. The van der Waals surface area contributed by atoms with Crippen molar-refractivity contribution in [2.45, 2.75) is 13.5 Å². The lowest BCUT2D eigenvalue weighted by atomic mass is 10.2. The zero-order valence-corrected chi connectivity index (χ0v) is 12.6. The van der Waals surface area contributed by atoms with Crippen LogP contribution in [0.5, 0.6) is 5.75 Å². The molecule has 8 heteroatoms. The Bertz CT molecular complexity index is 811. The van der Waals surface area contributed by atoms with E-state index in [1.54, 1.807) is 19.1 Å². The fourth-order valence-electron chi connectivity index (χ4n) is 2.08. The molecule has 8 nitrogen and oxygen atoms in total. The molecule has 0 aliphatic carbocycles. The van der Waals surface area contributed by atoms with Gasteiger partial charge in [0.15, 0.2) is 0 Å². The number of carbonyl (C=O) groups excluding carboxylic acids is 1. The molecular weight excluding hydrogens is 300 g/mol. The van der Waals surface area contributed by atoms with E-state index >= 15 is 0 Å². The van der Waals surface area contributed by atoms with Crippen molar-refractivity contribution in [3.05, 3.63) is 53.7 Å².